The molecule has 0 aliphatic rings. The second-order valence-electron chi connectivity index (χ2n) is 8.00. The predicted molar refractivity (Wildman–Crippen MR) is 131 cm³/mol. The Morgan fingerprint density at radius 2 is 1.88 bits per heavy atom. The second-order valence-corrected chi connectivity index (χ2v) is 8.43. The Balaban J connectivity index is 2.00. The quantitative estimate of drug-likeness (QED) is 0.379. The van der Waals surface area contributed by atoms with Gasteiger partial charge in [0.1, 0.15) is 5.82 Å². The third-order valence-electron chi connectivity index (χ3n) is 5.78. The molecule has 0 bridgehead atoms. The van der Waals surface area contributed by atoms with E-state index in [2.05, 4.69) is 4.98 Å². The fourth-order valence-electron chi connectivity index (χ4n) is 4.20. The van der Waals surface area contributed by atoms with Crippen LogP contribution in [0.1, 0.15) is 41.8 Å². The summed E-state index contributed by atoms with van der Waals surface area (Å²) in [7, 11) is 0. The number of benzene rings is 2. The summed E-state index contributed by atoms with van der Waals surface area (Å²) in [5, 5.41) is 10.8. The summed E-state index contributed by atoms with van der Waals surface area (Å²) < 4.78 is 3.50. The molecule has 4 aromatic rings. The van der Waals surface area contributed by atoms with Crippen molar-refractivity contribution in [3.63, 3.8) is 0 Å². The van der Waals surface area contributed by atoms with Crippen molar-refractivity contribution in [2.45, 2.75) is 39.8 Å². The van der Waals surface area contributed by atoms with Crippen LogP contribution in [0.4, 0.5) is 0 Å². The number of hydrogen-bond donors (Lipinski definition) is 1. The van der Waals surface area contributed by atoms with Gasteiger partial charge in [0.15, 0.2) is 5.78 Å². The van der Waals surface area contributed by atoms with Crippen LogP contribution in [0.15, 0.2) is 59.5 Å². The van der Waals surface area contributed by atoms with Gasteiger partial charge in [-0.1, -0.05) is 48.9 Å². The molecule has 4 rings (SSSR count). The van der Waals surface area contributed by atoms with E-state index in [1.54, 1.807) is 29.7 Å². The van der Waals surface area contributed by atoms with Crippen molar-refractivity contribution in [3.05, 3.63) is 87.3 Å². The first kappa shape index (κ1) is 23.0. The molecule has 33 heavy (non-hydrogen) atoms. The molecule has 0 atom stereocenters. The summed E-state index contributed by atoms with van der Waals surface area (Å²) in [4.78, 5) is 31.5. The molecule has 0 saturated carbocycles. The molecule has 0 spiro atoms. The predicted octanol–water partition coefficient (Wildman–Crippen LogP) is 4.85. The van der Waals surface area contributed by atoms with E-state index < -0.39 is 0 Å². The van der Waals surface area contributed by atoms with Crippen LogP contribution in [0.2, 0.25) is 5.02 Å². The third-order valence-corrected chi connectivity index (χ3v) is 6.02. The molecule has 7 heteroatoms. The van der Waals surface area contributed by atoms with Gasteiger partial charge in [-0.25, -0.2) is 4.98 Å². The van der Waals surface area contributed by atoms with E-state index in [1.165, 1.54) is 0 Å². The first-order valence-electron chi connectivity index (χ1n) is 11.0. The molecule has 2 heterocycles. The maximum absolute atomic E-state index is 13.6. The molecule has 0 fully saturated rings. The summed E-state index contributed by atoms with van der Waals surface area (Å²) in [6, 6.07) is 14.8. The van der Waals surface area contributed by atoms with E-state index >= 15 is 0 Å². The van der Waals surface area contributed by atoms with E-state index in [4.69, 9.17) is 16.7 Å². The minimum absolute atomic E-state index is 0.0925. The van der Waals surface area contributed by atoms with Gasteiger partial charge in [0.25, 0.3) is 5.56 Å². The zero-order chi connectivity index (χ0) is 23.5. The Labute approximate surface area is 197 Å². The number of aliphatic hydroxyl groups excluding tert-OH is 1. The molecule has 0 aliphatic carbocycles. The lowest BCUT2D eigenvalue weighted by molar-refractivity contribution is 0.0979. The molecule has 170 valence electrons. The number of rotatable bonds is 8. The van der Waals surface area contributed by atoms with Crippen molar-refractivity contribution in [1.29, 1.82) is 0 Å². The van der Waals surface area contributed by atoms with Crippen LogP contribution >= 0.6 is 11.6 Å². The fraction of sp³-hybridized carbons (Fsp3) is 0.269. The van der Waals surface area contributed by atoms with Crippen molar-refractivity contribution in [3.8, 4) is 11.1 Å². The molecule has 0 saturated heterocycles. The zero-order valence-electron chi connectivity index (χ0n) is 18.7. The van der Waals surface area contributed by atoms with Gasteiger partial charge in [-0.15, -0.1) is 0 Å². The molecule has 1 N–H and O–H groups in total. The number of carbonyl (C=O) groups is 1. The van der Waals surface area contributed by atoms with Gasteiger partial charge in [-0.05, 0) is 42.5 Å². The summed E-state index contributed by atoms with van der Waals surface area (Å²) >= 11 is 6.30. The van der Waals surface area contributed by atoms with Gasteiger partial charge in [0, 0.05) is 41.7 Å². The lowest BCUT2D eigenvalue weighted by Gasteiger charge is -2.19. The van der Waals surface area contributed by atoms with E-state index in [0.29, 0.717) is 45.7 Å². The van der Waals surface area contributed by atoms with Crippen LogP contribution in [0, 0.1) is 6.92 Å². The summed E-state index contributed by atoms with van der Waals surface area (Å²) in [6.45, 7) is 4.58. The molecular formula is C26H26ClN3O3. The van der Waals surface area contributed by atoms with Gasteiger partial charge >= 0.3 is 0 Å². The van der Waals surface area contributed by atoms with Crippen LogP contribution in [0.5, 0.6) is 0 Å². The Hall–Kier alpha value is -3.22. The average molecular weight is 464 g/mol. The zero-order valence-corrected chi connectivity index (χ0v) is 19.5. The number of hydrogen-bond acceptors (Lipinski definition) is 4. The highest BCUT2D eigenvalue weighted by atomic mass is 35.5. The molecule has 2 aromatic heterocycles. The third kappa shape index (κ3) is 4.49. The maximum Gasteiger partial charge on any atom is 0.259 e. The standard InChI is InChI=1S/C26H26ClN3O3/c1-3-23(32)25-24(18-8-5-4-6-9-18)22-14-19(27)10-11-21(22)26(33)30(25)16-20-15-29(12-7-13-31)17(2)28-20/h4-6,8-11,14-15,31H,3,7,12-13,16H2,1-2H3. The van der Waals surface area contributed by atoms with E-state index in [-0.39, 0.29) is 30.9 Å². The number of ketones is 1. The van der Waals surface area contributed by atoms with Crippen LogP contribution in [-0.4, -0.2) is 31.6 Å². The van der Waals surface area contributed by atoms with Crippen molar-refractivity contribution in [2.75, 3.05) is 6.61 Å². The van der Waals surface area contributed by atoms with Crippen molar-refractivity contribution >= 4 is 28.2 Å². The molecule has 2 aromatic carbocycles. The lowest BCUT2D eigenvalue weighted by Crippen LogP contribution is -2.28. The summed E-state index contributed by atoms with van der Waals surface area (Å²) in [5.74, 6) is 0.676. The topological polar surface area (TPSA) is 77.1 Å². The lowest BCUT2D eigenvalue weighted by atomic mass is 9.94. The number of nitrogens with zero attached hydrogens (tertiary/aromatic N) is 3. The minimum atomic E-state index is -0.249. The SMILES string of the molecule is CCC(=O)c1c(-c2ccccc2)c2cc(Cl)ccc2c(=O)n1Cc1cn(CCCO)c(C)n1. The van der Waals surface area contributed by atoms with Gasteiger partial charge in [-0.2, -0.15) is 0 Å². The van der Waals surface area contributed by atoms with Crippen molar-refractivity contribution < 1.29 is 9.90 Å². The fourth-order valence-corrected chi connectivity index (χ4v) is 4.38. The van der Waals surface area contributed by atoms with Crippen LogP contribution < -0.4 is 5.56 Å². The number of aromatic nitrogens is 3. The Bertz CT molecular complexity index is 1370. The Kier molecular flexibility index (Phi) is 6.77. The number of fused-ring (bicyclic) bond motifs is 1. The average Bonchev–Trinajstić information content (AvgIpc) is 3.17. The van der Waals surface area contributed by atoms with Gasteiger partial charge in [-0.3, -0.25) is 14.2 Å². The molecule has 0 radical (unpaired) electrons. The van der Waals surface area contributed by atoms with Crippen molar-refractivity contribution in [2.24, 2.45) is 0 Å². The molecule has 6 nitrogen and oxygen atoms in total. The van der Waals surface area contributed by atoms with Gasteiger partial charge in [0.05, 0.1) is 17.9 Å². The van der Waals surface area contributed by atoms with E-state index in [0.717, 1.165) is 11.4 Å². The highest BCUT2D eigenvalue weighted by Crippen LogP contribution is 2.33. The number of aliphatic hydroxyl groups is 1. The molecule has 0 amide bonds. The van der Waals surface area contributed by atoms with Crippen LogP contribution in [0.25, 0.3) is 21.9 Å². The Morgan fingerprint density at radius 3 is 2.58 bits per heavy atom. The molecule has 0 aliphatic heterocycles. The number of Topliss-reactive ketones (excluding diaryl/α,β-unsaturated/α-hetero) is 1. The summed E-state index contributed by atoms with van der Waals surface area (Å²) in [6.07, 6.45) is 2.76. The van der Waals surface area contributed by atoms with E-state index in [1.807, 2.05) is 48.0 Å². The van der Waals surface area contributed by atoms with Crippen molar-refractivity contribution in [1.82, 2.24) is 14.1 Å². The number of aryl methyl sites for hydroxylation is 2. The highest BCUT2D eigenvalue weighted by molar-refractivity contribution is 6.31. The second kappa shape index (κ2) is 9.73. The number of pyridine rings is 1. The van der Waals surface area contributed by atoms with E-state index in [9.17, 15) is 9.59 Å². The normalized spacial score (nSPS) is 11.3. The smallest absolute Gasteiger partial charge is 0.259 e. The highest BCUT2D eigenvalue weighted by Gasteiger charge is 2.23. The minimum Gasteiger partial charge on any atom is -0.396 e. The first-order chi connectivity index (χ1) is 15.9. The number of imidazole rings is 1. The monoisotopic (exact) mass is 463 g/mol. The van der Waals surface area contributed by atoms with Crippen LogP contribution in [0.3, 0.4) is 0 Å². The van der Waals surface area contributed by atoms with Gasteiger partial charge in [0.2, 0.25) is 0 Å². The first-order valence-corrected chi connectivity index (χ1v) is 11.4. The Morgan fingerprint density at radius 1 is 1.12 bits per heavy atom. The molecule has 0 unspecified atom stereocenters. The summed E-state index contributed by atoms with van der Waals surface area (Å²) in [5.41, 5.74) is 2.35. The maximum atomic E-state index is 13.6. The van der Waals surface area contributed by atoms with Gasteiger partial charge < -0.3 is 9.67 Å². The number of halogens is 1. The largest absolute Gasteiger partial charge is 0.396 e. The molecular weight excluding hydrogens is 438 g/mol. The van der Waals surface area contributed by atoms with Crippen LogP contribution in [-0.2, 0) is 13.1 Å². The number of carbonyl (C=O) groups excluding carboxylic acids is 1.